The van der Waals surface area contributed by atoms with E-state index in [1.165, 1.54) is 19.1 Å². The number of esters is 2. The first-order chi connectivity index (χ1) is 8.10. The van der Waals surface area contributed by atoms with Crippen LogP contribution in [0.2, 0.25) is 0 Å². The summed E-state index contributed by atoms with van der Waals surface area (Å²) in [6.07, 6.45) is 1.91. The van der Waals surface area contributed by atoms with Crippen molar-refractivity contribution in [2.24, 2.45) is 0 Å². The predicted molar refractivity (Wildman–Crippen MR) is 58.0 cm³/mol. The van der Waals surface area contributed by atoms with Gasteiger partial charge < -0.3 is 14.4 Å². The zero-order valence-electron chi connectivity index (χ0n) is 10.1. The highest BCUT2D eigenvalue weighted by Crippen LogP contribution is 2.17. The van der Waals surface area contributed by atoms with E-state index in [0.717, 1.165) is 12.8 Å². The van der Waals surface area contributed by atoms with Crippen LogP contribution in [0.25, 0.3) is 0 Å². The minimum absolute atomic E-state index is 0.115. The van der Waals surface area contributed by atoms with Crippen LogP contribution in [0.1, 0.15) is 25.7 Å². The Bertz CT molecular complexity index is 315. The number of hydrogen-bond acceptors (Lipinski definition) is 5. The van der Waals surface area contributed by atoms with E-state index in [1.807, 2.05) is 0 Å². The molecule has 1 fully saturated rings. The van der Waals surface area contributed by atoms with Crippen molar-refractivity contribution < 1.29 is 23.9 Å². The first kappa shape index (κ1) is 13.5. The number of hydrogen-bond donors (Lipinski definition) is 0. The molecule has 0 saturated carbocycles. The molecule has 0 aliphatic carbocycles. The normalized spacial score (nSPS) is 17.5. The molecule has 0 bridgehead atoms. The van der Waals surface area contributed by atoms with Crippen LogP contribution in [-0.2, 0) is 23.9 Å². The fourth-order valence-electron chi connectivity index (χ4n) is 1.85. The lowest BCUT2D eigenvalue weighted by Crippen LogP contribution is -2.48. The van der Waals surface area contributed by atoms with E-state index in [1.54, 1.807) is 0 Å². The van der Waals surface area contributed by atoms with Gasteiger partial charge in [0, 0.05) is 13.0 Å². The minimum Gasteiger partial charge on any atom is -0.469 e. The van der Waals surface area contributed by atoms with E-state index in [-0.39, 0.29) is 12.3 Å². The van der Waals surface area contributed by atoms with E-state index in [0.29, 0.717) is 13.0 Å². The Morgan fingerprint density at radius 1 is 1.29 bits per heavy atom. The van der Waals surface area contributed by atoms with Gasteiger partial charge >= 0.3 is 11.9 Å². The average Bonchev–Trinajstić information content (AvgIpc) is 2.35. The molecule has 1 atom stereocenters. The molecule has 1 heterocycles. The summed E-state index contributed by atoms with van der Waals surface area (Å²) in [5, 5.41) is 0. The van der Waals surface area contributed by atoms with Crippen LogP contribution in [0.5, 0.6) is 0 Å². The van der Waals surface area contributed by atoms with Crippen molar-refractivity contribution >= 4 is 17.8 Å². The Hall–Kier alpha value is -1.59. The number of carbonyl (C=O) groups excluding carboxylic acids is 3. The SMILES string of the molecule is COC(=O)CC(C(=O)OC)N1CCCCC1=O. The van der Waals surface area contributed by atoms with E-state index in [9.17, 15) is 14.4 Å². The quantitative estimate of drug-likeness (QED) is 0.655. The van der Waals surface area contributed by atoms with Crippen LogP contribution >= 0.6 is 0 Å². The molecular formula is C11H17NO5. The van der Waals surface area contributed by atoms with E-state index < -0.39 is 18.0 Å². The van der Waals surface area contributed by atoms with Gasteiger partial charge in [0.1, 0.15) is 6.04 Å². The first-order valence-electron chi connectivity index (χ1n) is 5.54. The van der Waals surface area contributed by atoms with Crippen LogP contribution in [0, 0.1) is 0 Å². The van der Waals surface area contributed by atoms with Gasteiger partial charge in [-0.3, -0.25) is 9.59 Å². The van der Waals surface area contributed by atoms with Crippen molar-refractivity contribution in [3.05, 3.63) is 0 Å². The van der Waals surface area contributed by atoms with Crippen LogP contribution in [0.15, 0.2) is 0 Å². The number of rotatable bonds is 4. The number of piperidine rings is 1. The molecule has 0 N–H and O–H groups in total. The predicted octanol–water partition coefficient (Wildman–Crippen LogP) is 0.104. The van der Waals surface area contributed by atoms with Gasteiger partial charge in [0.15, 0.2) is 0 Å². The number of amides is 1. The molecule has 17 heavy (non-hydrogen) atoms. The maximum Gasteiger partial charge on any atom is 0.329 e. The van der Waals surface area contributed by atoms with Gasteiger partial charge in [0.2, 0.25) is 5.91 Å². The zero-order chi connectivity index (χ0) is 12.8. The van der Waals surface area contributed by atoms with Crippen LogP contribution < -0.4 is 0 Å². The molecule has 96 valence electrons. The first-order valence-corrected chi connectivity index (χ1v) is 5.54. The summed E-state index contributed by atoms with van der Waals surface area (Å²) in [4.78, 5) is 35.9. The fourth-order valence-corrected chi connectivity index (χ4v) is 1.85. The standard InChI is InChI=1S/C11H17NO5/c1-16-10(14)7-8(11(15)17-2)12-6-4-3-5-9(12)13/h8H,3-7H2,1-2H3. The lowest BCUT2D eigenvalue weighted by Gasteiger charge is -2.32. The molecule has 0 aromatic heterocycles. The van der Waals surface area contributed by atoms with Crippen LogP contribution in [0.4, 0.5) is 0 Å². The maximum atomic E-state index is 11.7. The van der Waals surface area contributed by atoms with Crippen molar-refractivity contribution in [3.63, 3.8) is 0 Å². The van der Waals surface area contributed by atoms with Gasteiger partial charge in [-0.15, -0.1) is 0 Å². The Morgan fingerprint density at radius 3 is 2.53 bits per heavy atom. The monoisotopic (exact) mass is 243 g/mol. The Kier molecular flexibility index (Phi) is 4.93. The summed E-state index contributed by atoms with van der Waals surface area (Å²) < 4.78 is 9.14. The Balaban J connectivity index is 2.77. The molecule has 1 aliphatic heterocycles. The molecule has 1 aliphatic rings. The molecule has 1 amide bonds. The highest BCUT2D eigenvalue weighted by Gasteiger charge is 2.34. The molecule has 0 aromatic rings. The largest absolute Gasteiger partial charge is 0.469 e. The second kappa shape index (κ2) is 6.22. The topological polar surface area (TPSA) is 72.9 Å². The fraction of sp³-hybridized carbons (Fsp3) is 0.727. The van der Waals surface area contributed by atoms with E-state index >= 15 is 0 Å². The number of ether oxygens (including phenoxy) is 2. The molecule has 1 unspecified atom stereocenters. The highest BCUT2D eigenvalue weighted by molar-refractivity contribution is 5.88. The molecule has 0 spiro atoms. The molecule has 0 aromatic carbocycles. The zero-order valence-corrected chi connectivity index (χ0v) is 10.1. The lowest BCUT2D eigenvalue weighted by molar-refractivity contribution is -0.158. The van der Waals surface area contributed by atoms with Crippen molar-refractivity contribution in [1.82, 2.24) is 4.90 Å². The summed E-state index contributed by atoms with van der Waals surface area (Å²) in [6, 6.07) is -0.861. The highest BCUT2D eigenvalue weighted by atomic mass is 16.5. The van der Waals surface area contributed by atoms with Crippen LogP contribution in [0.3, 0.4) is 0 Å². The van der Waals surface area contributed by atoms with E-state index in [2.05, 4.69) is 9.47 Å². The Morgan fingerprint density at radius 2 is 2.00 bits per heavy atom. The number of nitrogens with zero attached hydrogens (tertiary/aromatic N) is 1. The smallest absolute Gasteiger partial charge is 0.329 e. The van der Waals surface area contributed by atoms with Gasteiger partial charge in [-0.25, -0.2) is 4.79 Å². The van der Waals surface area contributed by atoms with Gasteiger partial charge in [-0.05, 0) is 12.8 Å². The third kappa shape index (κ3) is 3.44. The van der Waals surface area contributed by atoms with E-state index in [4.69, 9.17) is 0 Å². The van der Waals surface area contributed by atoms with Crippen molar-refractivity contribution in [3.8, 4) is 0 Å². The molecular weight excluding hydrogens is 226 g/mol. The molecule has 1 saturated heterocycles. The number of likely N-dealkylation sites (tertiary alicyclic amines) is 1. The number of carbonyl (C=O) groups is 3. The van der Waals surface area contributed by atoms with Gasteiger partial charge in [0.05, 0.1) is 20.6 Å². The lowest BCUT2D eigenvalue weighted by atomic mass is 10.1. The minimum atomic E-state index is -0.861. The summed E-state index contributed by atoms with van der Waals surface area (Å²) in [6.45, 7) is 0.482. The molecule has 6 nitrogen and oxygen atoms in total. The number of methoxy groups -OCH3 is 2. The second-order valence-corrected chi connectivity index (χ2v) is 3.86. The summed E-state index contributed by atoms with van der Waals surface area (Å²) in [5.74, 6) is -1.22. The third-order valence-corrected chi connectivity index (χ3v) is 2.80. The third-order valence-electron chi connectivity index (χ3n) is 2.80. The summed E-state index contributed by atoms with van der Waals surface area (Å²) in [5.41, 5.74) is 0. The van der Waals surface area contributed by atoms with Gasteiger partial charge in [-0.2, -0.15) is 0 Å². The van der Waals surface area contributed by atoms with Crippen molar-refractivity contribution in [1.29, 1.82) is 0 Å². The van der Waals surface area contributed by atoms with Crippen LogP contribution in [-0.4, -0.2) is 49.6 Å². The molecule has 1 rings (SSSR count). The maximum absolute atomic E-state index is 11.7. The second-order valence-electron chi connectivity index (χ2n) is 3.86. The van der Waals surface area contributed by atoms with Gasteiger partial charge in [-0.1, -0.05) is 0 Å². The average molecular weight is 243 g/mol. The Labute approximate surface area is 99.9 Å². The summed E-state index contributed by atoms with van der Waals surface area (Å²) >= 11 is 0. The molecule has 6 heteroatoms. The van der Waals surface area contributed by atoms with Crippen molar-refractivity contribution in [2.75, 3.05) is 20.8 Å². The molecule has 0 radical (unpaired) electrons. The van der Waals surface area contributed by atoms with Gasteiger partial charge in [0.25, 0.3) is 0 Å². The summed E-state index contributed by atoms with van der Waals surface area (Å²) in [7, 11) is 2.48. The van der Waals surface area contributed by atoms with Crippen molar-refractivity contribution in [2.45, 2.75) is 31.7 Å².